The maximum atomic E-state index is 11.5. The Morgan fingerprint density at radius 3 is 2.84 bits per heavy atom. The van der Waals surface area contributed by atoms with Gasteiger partial charge in [-0.3, -0.25) is 4.79 Å². The predicted molar refractivity (Wildman–Crippen MR) is 88.4 cm³/mol. The van der Waals surface area contributed by atoms with E-state index in [1.165, 1.54) is 6.92 Å². The molecule has 1 amide bonds. The van der Waals surface area contributed by atoms with Gasteiger partial charge in [0.1, 0.15) is 24.4 Å². The lowest BCUT2D eigenvalue weighted by molar-refractivity contribution is -0.343. The van der Waals surface area contributed by atoms with Crippen molar-refractivity contribution in [3.8, 4) is 0 Å². The van der Waals surface area contributed by atoms with E-state index in [-0.39, 0.29) is 19.1 Å². The number of nitrogens with one attached hydrogen (secondary N) is 1. The molecule has 3 rings (SSSR count). The zero-order chi connectivity index (χ0) is 17.8. The summed E-state index contributed by atoms with van der Waals surface area (Å²) < 4.78 is 23.1. The number of amides is 1. The average Bonchev–Trinajstić information content (AvgIpc) is 2.63. The zero-order valence-electron chi connectivity index (χ0n) is 14.0. The zero-order valence-corrected chi connectivity index (χ0v) is 14.0. The van der Waals surface area contributed by atoms with Gasteiger partial charge in [0, 0.05) is 12.5 Å². The highest BCUT2D eigenvalue weighted by molar-refractivity contribution is 5.73. The molecule has 0 bridgehead atoms. The van der Waals surface area contributed by atoms with Crippen LogP contribution in [0.2, 0.25) is 0 Å². The fourth-order valence-corrected chi connectivity index (χ4v) is 3.07. The summed E-state index contributed by atoms with van der Waals surface area (Å²) in [5.74, 6) is -0.287. The standard InChI is InChI=1S/C18H23NO6/c1-3-9-22-18-14(19-11(2)20)15(21)16-13(24-18)10-23-17(25-16)12-7-5-4-6-8-12/h3-8,13-18,21H,1,9-10H2,2H3,(H,19,20)/t13-,14-,15-,16-,17?,18-/m1/s1. The van der Waals surface area contributed by atoms with E-state index >= 15 is 0 Å². The van der Waals surface area contributed by atoms with E-state index in [4.69, 9.17) is 18.9 Å². The van der Waals surface area contributed by atoms with E-state index in [1.807, 2.05) is 30.3 Å². The van der Waals surface area contributed by atoms with Gasteiger partial charge < -0.3 is 29.4 Å². The molecule has 2 heterocycles. The summed E-state index contributed by atoms with van der Waals surface area (Å²) in [4.78, 5) is 11.5. The van der Waals surface area contributed by atoms with Gasteiger partial charge in [-0.15, -0.1) is 6.58 Å². The highest BCUT2D eigenvalue weighted by Crippen LogP contribution is 2.34. The minimum Gasteiger partial charge on any atom is -0.388 e. The van der Waals surface area contributed by atoms with Gasteiger partial charge in [0.2, 0.25) is 5.91 Å². The van der Waals surface area contributed by atoms with E-state index in [0.717, 1.165) is 5.56 Å². The maximum absolute atomic E-state index is 11.5. The molecule has 1 unspecified atom stereocenters. The number of ether oxygens (including phenoxy) is 4. The Morgan fingerprint density at radius 1 is 1.40 bits per heavy atom. The normalized spacial score (nSPS) is 34.8. The largest absolute Gasteiger partial charge is 0.388 e. The molecule has 2 aliphatic rings. The number of carbonyl (C=O) groups is 1. The molecule has 7 nitrogen and oxygen atoms in total. The minimum absolute atomic E-state index is 0.235. The third-order valence-corrected chi connectivity index (χ3v) is 4.19. The number of aliphatic hydroxyl groups excluding tert-OH is 1. The third-order valence-electron chi connectivity index (χ3n) is 4.19. The summed E-state index contributed by atoms with van der Waals surface area (Å²) in [5, 5.41) is 13.5. The summed E-state index contributed by atoms with van der Waals surface area (Å²) in [5.41, 5.74) is 0.856. The molecular formula is C18H23NO6. The van der Waals surface area contributed by atoms with Crippen LogP contribution in [0.5, 0.6) is 0 Å². The molecule has 0 aliphatic carbocycles. The Hall–Kier alpha value is -1.77. The number of benzene rings is 1. The Morgan fingerprint density at radius 2 is 2.16 bits per heavy atom. The molecule has 136 valence electrons. The highest BCUT2D eigenvalue weighted by atomic mass is 16.7. The molecular weight excluding hydrogens is 326 g/mol. The molecule has 6 atom stereocenters. The first kappa shape index (κ1) is 18.0. The minimum atomic E-state index is -0.993. The first-order valence-corrected chi connectivity index (χ1v) is 8.25. The lowest BCUT2D eigenvalue weighted by atomic mass is 9.95. The first-order chi connectivity index (χ1) is 12.1. The van der Waals surface area contributed by atoms with Crippen molar-refractivity contribution in [2.75, 3.05) is 13.2 Å². The molecule has 0 saturated carbocycles. The SMILES string of the molecule is C=CCO[C@@H]1O[C@@H]2COC(c3ccccc3)O[C@H]2[C@H](O)[C@H]1NC(C)=O. The molecule has 0 spiro atoms. The van der Waals surface area contributed by atoms with Gasteiger partial charge in [-0.2, -0.15) is 0 Å². The van der Waals surface area contributed by atoms with E-state index in [9.17, 15) is 9.90 Å². The number of aliphatic hydroxyl groups is 1. The van der Waals surface area contributed by atoms with Crippen LogP contribution in [-0.4, -0.2) is 54.9 Å². The summed E-state index contributed by atoms with van der Waals surface area (Å²) in [6.45, 7) is 5.46. The number of hydrogen-bond donors (Lipinski definition) is 2. The highest BCUT2D eigenvalue weighted by Gasteiger charge is 2.50. The van der Waals surface area contributed by atoms with Crippen LogP contribution in [0.3, 0.4) is 0 Å². The van der Waals surface area contributed by atoms with Gasteiger partial charge in [0.15, 0.2) is 12.6 Å². The lowest BCUT2D eigenvalue weighted by Crippen LogP contribution is -2.66. The summed E-state index contributed by atoms with van der Waals surface area (Å²) in [6.07, 6.45) is -1.95. The first-order valence-electron chi connectivity index (χ1n) is 8.25. The molecule has 0 radical (unpaired) electrons. The van der Waals surface area contributed by atoms with Gasteiger partial charge >= 0.3 is 0 Å². The Labute approximate surface area is 146 Å². The smallest absolute Gasteiger partial charge is 0.217 e. The van der Waals surface area contributed by atoms with Crippen LogP contribution in [0.1, 0.15) is 18.8 Å². The summed E-state index contributed by atoms with van der Waals surface area (Å²) >= 11 is 0. The van der Waals surface area contributed by atoms with E-state index in [2.05, 4.69) is 11.9 Å². The quantitative estimate of drug-likeness (QED) is 0.768. The van der Waals surface area contributed by atoms with E-state index in [1.54, 1.807) is 6.08 Å². The topological polar surface area (TPSA) is 86.2 Å². The second kappa shape index (κ2) is 8.07. The van der Waals surface area contributed by atoms with Crippen LogP contribution in [0, 0.1) is 0 Å². The van der Waals surface area contributed by atoms with Gasteiger partial charge in [-0.25, -0.2) is 0 Å². The van der Waals surface area contributed by atoms with Crippen molar-refractivity contribution < 1.29 is 28.8 Å². The molecule has 25 heavy (non-hydrogen) atoms. The fourth-order valence-electron chi connectivity index (χ4n) is 3.07. The lowest BCUT2D eigenvalue weighted by Gasteiger charge is -2.47. The van der Waals surface area contributed by atoms with E-state index < -0.39 is 36.9 Å². The Bertz CT molecular complexity index is 594. The van der Waals surface area contributed by atoms with Crippen LogP contribution in [0.15, 0.2) is 43.0 Å². The van der Waals surface area contributed by atoms with Crippen LogP contribution in [0.4, 0.5) is 0 Å². The van der Waals surface area contributed by atoms with Crippen molar-refractivity contribution in [1.82, 2.24) is 5.32 Å². The van der Waals surface area contributed by atoms with Crippen molar-refractivity contribution in [1.29, 1.82) is 0 Å². The second-order valence-electron chi connectivity index (χ2n) is 6.06. The number of fused-ring (bicyclic) bond motifs is 1. The molecule has 0 aromatic heterocycles. The van der Waals surface area contributed by atoms with Crippen LogP contribution >= 0.6 is 0 Å². The molecule has 2 fully saturated rings. The average molecular weight is 349 g/mol. The fraction of sp³-hybridized carbons (Fsp3) is 0.500. The van der Waals surface area contributed by atoms with Crippen molar-refractivity contribution in [2.45, 2.75) is 43.9 Å². The van der Waals surface area contributed by atoms with Gasteiger partial charge in [0.25, 0.3) is 0 Å². The van der Waals surface area contributed by atoms with Crippen molar-refractivity contribution in [3.05, 3.63) is 48.6 Å². The summed E-state index contributed by atoms with van der Waals surface area (Å²) in [7, 11) is 0. The predicted octanol–water partition coefficient (Wildman–Crippen LogP) is 0.894. The second-order valence-corrected chi connectivity index (χ2v) is 6.06. The maximum Gasteiger partial charge on any atom is 0.217 e. The molecule has 1 aromatic rings. The molecule has 2 N–H and O–H groups in total. The number of hydrogen-bond acceptors (Lipinski definition) is 6. The molecule has 7 heteroatoms. The summed E-state index contributed by atoms with van der Waals surface area (Å²) in [6, 6.07) is 8.73. The van der Waals surface area contributed by atoms with E-state index in [0.29, 0.717) is 0 Å². The van der Waals surface area contributed by atoms with Gasteiger partial charge in [-0.1, -0.05) is 36.4 Å². The van der Waals surface area contributed by atoms with Crippen molar-refractivity contribution in [2.24, 2.45) is 0 Å². The Balaban J connectivity index is 1.75. The molecule has 2 aliphatic heterocycles. The monoisotopic (exact) mass is 349 g/mol. The van der Waals surface area contributed by atoms with Gasteiger partial charge in [0.05, 0.1) is 13.2 Å². The molecule has 1 aromatic carbocycles. The molecule has 2 saturated heterocycles. The van der Waals surface area contributed by atoms with Crippen molar-refractivity contribution in [3.63, 3.8) is 0 Å². The third kappa shape index (κ3) is 4.08. The number of rotatable bonds is 5. The van der Waals surface area contributed by atoms with Gasteiger partial charge in [-0.05, 0) is 0 Å². The van der Waals surface area contributed by atoms with Crippen LogP contribution < -0.4 is 5.32 Å². The number of carbonyl (C=O) groups excluding carboxylic acids is 1. The Kier molecular flexibility index (Phi) is 5.82. The van der Waals surface area contributed by atoms with Crippen molar-refractivity contribution >= 4 is 5.91 Å². The van der Waals surface area contributed by atoms with Crippen LogP contribution in [-0.2, 0) is 23.7 Å². The van der Waals surface area contributed by atoms with Crippen LogP contribution in [0.25, 0.3) is 0 Å².